The molecule has 174 valence electrons. The van der Waals surface area contributed by atoms with Gasteiger partial charge in [0, 0.05) is 44.3 Å². The molecule has 7 nitrogen and oxygen atoms in total. The highest BCUT2D eigenvalue weighted by atomic mass is 35.5. The second-order valence-electron chi connectivity index (χ2n) is 8.02. The van der Waals surface area contributed by atoms with Crippen molar-refractivity contribution >= 4 is 27.5 Å². The molecule has 0 bridgehead atoms. The van der Waals surface area contributed by atoms with E-state index >= 15 is 0 Å². The van der Waals surface area contributed by atoms with Crippen LogP contribution in [0, 0.1) is 5.82 Å². The fourth-order valence-corrected chi connectivity index (χ4v) is 4.88. The lowest BCUT2D eigenvalue weighted by atomic mass is 10.1. The number of sulfonamides is 1. The molecule has 1 aliphatic rings. The van der Waals surface area contributed by atoms with E-state index in [0.29, 0.717) is 50.0 Å². The number of hydrogen-bond donors (Lipinski definition) is 1. The maximum absolute atomic E-state index is 13.1. The third kappa shape index (κ3) is 6.19. The van der Waals surface area contributed by atoms with Crippen molar-refractivity contribution in [2.45, 2.75) is 24.3 Å². The number of halogens is 2. The molecule has 1 amide bonds. The molecule has 32 heavy (non-hydrogen) atoms. The summed E-state index contributed by atoms with van der Waals surface area (Å²) in [6.07, 6.45) is 0. The summed E-state index contributed by atoms with van der Waals surface area (Å²) in [6.45, 7) is 6.13. The van der Waals surface area contributed by atoms with Gasteiger partial charge in [-0.2, -0.15) is 4.31 Å². The standard InChI is InChI=1S/C22H27ClFN3O4S/c1-22(2,31-19-7-3-17(23)4-8-19)21(28)25-11-12-26-13-15-27(16-14-26)32(29,30)20-9-5-18(24)6-10-20/h3-10H,11-16H2,1-2H3,(H,25,28). The van der Waals surface area contributed by atoms with E-state index in [4.69, 9.17) is 16.3 Å². The zero-order valence-electron chi connectivity index (χ0n) is 18.1. The van der Waals surface area contributed by atoms with E-state index in [1.807, 2.05) is 0 Å². The number of ether oxygens (including phenoxy) is 1. The van der Waals surface area contributed by atoms with E-state index in [-0.39, 0.29) is 10.8 Å². The minimum atomic E-state index is -3.64. The highest BCUT2D eigenvalue weighted by Crippen LogP contribution is 2.21. The Balaban J connectivity index is 1.44. The van der Waals surface area contributed by atoms with E-state index < -0.39 is 21.4 Å². The first-order valence-electron chi connectivity index (χ1n) is 10.3. The first-order chi connectivity index (χ1) is 15.1. The fraction of sp³-hybridized carbons (Fsp3) is 0.409. The number of benzene rings is 2. The molecule has 0 aliphatic carbocycles. The molecule has 0 saturated carbocycles. The van der Waals surface area contributed by atoms with E-state index in [1.165, 1.54) is 16.4 Å². The average Bonchev–Trinajstić information content (AvgIpc) is 2.76. The maximum Gasteiger partial charge on any atom is 0.263 e. The molecule has 0 radical (unpaired) electrons. The van der Waals surface area contributed by atoms with E-state index in [1.54, 1.807) is 38.1 Å². The number of piperazine rings is 1. The largest absolute Gasteiger partial charge is 0.478 e. The summed E-state index contributed by atoms with van der Waals surface area (Å²) in [5.74, 6) is -0.171. The van der Waals surface area contributed by atoms with Crippen molar-refractivity contribution in [3.05, 3.63) is 59.4 Å². The predicted octanol–water partition coefficient (Wildman–Crippen LogP) is 2.76. The highest BCUT2D eigenvalue weighted by Gasteiger charge is 2.31. The van der Waals surface area contributed by atoms with Crippen LogP contribution < -0.4 is 10.1 Å². The summed E-state index contributed by atoms with van der Waals surface area (Å²) in [5.41, 5.74) is -1.06. The van der Waals surface area contributed by atoms with Crippen molar-refractivity contribution in [3.63, 3.8) is 0 Å². The van der Waals surface area contributed by atoms with E-state index in [9.17, 15) is 17.6 Å². The van der Waals surface area contributed by atoms with Gasteiger partial charge in [-0.15, -0.1) is 0 Å². The van der Waals surface area contributed by atoms with Gasteiger partial charge in [0.1, 0.15) is 11.6 Å². The fourth-order valence-electron chi connectivity index (χ4n) is 3.33. The van der Waals surface area contributed by atoms with Crippen molar-refractivity contribution in [2.24, 2.45) is 0 Å². The minimum absolute atomic E-state index is 0.0857. The van der Waals surface area contributed by atoms with Crippen LogP contribution in [0.5, 0.6) is 5.75 Å². The van der Waals surface area contributed by atoms with Crippen LogP contribution in [0.2, 0.25) is 5.02 Å². The average molecular weight is 484 g/mol. The van der Waals surface area contributed by atoms with Crippen molar-refractivity contribution in [3.8, 4) is 5.75 Å². The van der Waals surface area contributed by atoms with Gasteiger partial charge >= 0.3 is 0 Å². The number of carbonyl (C=O) groups excluding carboxylic acids is 1. The summed E-state index contributed by atoms with van der Waals surface area (Å²) in [6, 6.07) is 11.6. The Morgan fingerprint density at radius 3 is 2.25 bits per heavy atom. The lowest BCUT2D eigenvalue weighted by molar-refractivity contribution is -0.134. The van der Waals surface area contributed by atoms with Crippen LogP contribution in [0.25, 0.3) is 0 Å². The molecule has 10 heteroatoms. The number of hydrogen-bond acceptors (Lipinski definition) is 5. The van der Waals surface area contributed by atoms with Crippen LogP contribution >= 0.6 is 11.6 Å². The second-order valence-corrected chi connectivity index (χ2v) is 10.4. The van der Waals surface area contributed by atoms with Crippen LogP contribution in [0.15, 0.2) is 53.4 Å². The predicted molar refractivity (Wildman–Crippen MR) is 121 cm³/mol. The van der Waals surface area contributed by atoms with Gasteiger partial charge in [0.05, 0.1) is 4.90 Å². The maximum atomic E-state index is 13.1. The number of nitrogens with one attached hydrogen (secondary N) is 1. The molecule has 2 aromatic carbocycles. The highest BCUT2D eigenvalue weighted by molar-refractivity contribution is 7.89. The minimum Gasteiger partial charge on any atom is -0.478 e. The summed E-state index contributed by atoms with van der Waals surface area (Å²) < 4.78 is 45.7. The van der Waals surface area contributed by atoms with Crippen molar-refractivity contribution < 1.29 is 22.3 Å². The van der Waals surface area contributed by atoms with Gasteiger partial charge in [0.15, 0.2) is 5.60 Å². The van der Waals surface area contributed by atoms with Gasteiger partial charge in [-0.25, -0.2) is 12.8 Å². The molecule has 0 atom stereocenters. The Hall–Kier alpha value is -2.20. The number of rotatable bonds is 8. The summed E-state index contributed by atoms with van der Waals surface area (Å²) in [5, 5.41) is 3.46. The Morgan fingerprint density at radius 1 is 1.06 bits per heavy atom. The smallest absolute Gasteiger partial charge is 0.263 e. The first-order valence-corrected chi connectivity index (χ1v) is 12.1. The molecule has 3 rings (SSSR count). The molecule has 1 saturated heterocycles. The van der Waals surface area contributed by atoms with Gasteiger partial charge in [-0.1, -0.05) is 11.6 Å². The van der Waals surface area contributed by atoms with Crippen molar-refractivity contribution in [1.82, 2.24) is 14.5 Å². The molecule has 1 aliphatic heterocycles. The van der Waals surface area contributed by atoms with Gasteiger partial charge in [0.25, 0.3) is 5.91 Å². The first kappa shape index (κ1) is 24.4. The lowest BCUT2D eigenvalue weighted by Gasteiger charge is -2.34. The summed E-state index contributed by atoms with van der Waals surface area (Å²) in [7, 11) is -3.64. The molecule has 0 aromatic heterocycles. The Bertz CT molecular complexity index is 1020. The van der Waals surface area contributed by atoms with Gasteiger partial charge in [0.2, 0.25) is 10.0 Å². The van der Waals surface area contributed by atoms with Crippen LogP contribution in [-0.4, -0.2) is 68.4 Å². The lowest BCUT2D eigenvalue weighted by Crippen LogP contribution is -2.52. The van der Waals surface area contributed by atoms with Gasteiger partial charge < -0.3 is 10.1 Å². The molecule has 1 heterocycles. The molecular weight excluding hydrogens is 457 g/mol. The van der Waals surface area contributed by atoms with Crippen molar-refractivity contribution in [2.75, 3.05) is 39.3 Å². The molecule has 1 fully saturated rings. The van der Waals surface area contributed by atoms with E-state index in [0.717, 1.165) is 12.1 Å². The van der Waals surface area contributed by atoms with Crippen LogP contribution in [-0.2, 0) is 14.8 Å². The molecule has 1 N–H and O–H groups in total. The van der Waals surface area contributed by atoms with Gasteiger partial charge in [-0.05, 0) is 62.4 Å². The quantitative estimate of drug-likeness (QED) is 0.624. The summed E-state index contributed by atoms with van der Waals surface area (Å²) >= 11 is 5.87. The molecule has 0 spiro atoms. The number of amides is 1. The third-order valence-corrected chi connectivity index (χ3v) is 7.39. The zero-order valence-corrected chi connectivity index (χ0v) is 19.6. The molecule has 0 unspecified atom stereocenters. The second kappa shape index (κ2) is 10.2. The van der Waals surface area contributed by atoms with Crippen LogP contribution in [0.4, 0.5) is 4.39 Å². The third-order valence-electron chi connectivity index (χ3n) is 5.23. The molecular formula is C22H27ClFN3O4S. The number of nitrogens with zero attached hydrogens (tertiary/aromatic N) is 2. The van der Waals surface area contributed by atoms with Crippen LogP contribution in [0.3, 0.4) is 0 Å². The number of carbonyl (C=O) groups is 1. The monoisotopic (exact) mass is 483 g/mol. The normalized spacial score (nSPS) is 16.0. The Morgan fingerprint density at radius 2 is 1.66 bits per heavy atom. The van der Waals surface area contributed by atoms with Crippen LogP contribution in [0.1, 0.15) is 13.8 Å². The van der Waals surface area contributed by atoms with Gasteiger partial charge in [-0.3, -0.25) is 9.69 Å². The van der Waals surface area contributed by atoms with Crippen molar-refractivity contribution in [1.29, 1.82) is 0 Å². The SMILES string of the molecule is CC(C)(Oc1ccc(Cl)cc1)C(=O)NCCN1CCN(S(=O)(=O)c2ccc(F)cc2)CC1. The molecule has 2 aromatic rings. The Kier molecular flexibility index (Phi) is 7.76. The zero-order chi connectivity index (χ0) is 23.4. The van der Waals surface area contributed by atoms with E-state index in [2.05, 4.69) is 10.2 Å². The summed E-state index contributed by atoms with van der Waals surface area (Å²) in [4.78, 5) is 14.7. The Labute approximate surface area is 193 Å². The topological polar surface area (TPSA) is 79.0 Å².